The molecule has 0 heterocycles. The lowest BCUT2D eigenvalue weighted by Crippen LogP contribution is -2.12. The summed E-state index contributed by atoms with van der Waals surface area (Å²) in [5.74, 6) is 1.06. The molecule has 1 N–H and O–H groups in total. The SMILES string of the molecule is CC(CCCC(=O)O)CCC1CCC1. The fourth-order valence-corrected chi connectivity index (χ4v) is 2.05. The highest BCUT2D eigenvalue weighted by atomic mass is 16.4. The van der Waals surface area contributed by atoms with Gasteiger partial charge < -0.3 is 5.11 Å². The third-order valence-corrected chi connectivity index (χ3v) is 3.38. The lowest BCUT2D eigenvalue weighted by Gasteiger charge is -2.26. The van der Waals surface area contributed by atoms with Crippen molar-refractivity contribution in [2.24, 2.45) is 11.8 Å². The molecule has 1 unspecified atom stereocenters. The average molecular weight is 198 g/mol. The molecule has 0 aromatic carbocycles. The third kappa shape index (κ3) is 4.64. The number of hydrogen-bond donors (Lipinski definition) is 1. The highest BCUT2D eigenvalue weighted by Gasteiger charge is 2.17. The first kappa shape index (κ1) is 11.5. The van der Waals surface area contributed by atoms with Gasteiger partial charge in [-0.2, -0.15) is 0 Å². The number of hydrogen-bond acceptors (Lipinski definition) is 1. The van der Waals surface area contributed by atoms with Crippen molar-refractivity contribution in [3.8, 4) is 0 Å². The molecular weight excluding hydrogens is 176 g/mol. The van der Waals surface area contributed by atoms with Gasteiger partial charge in [-0.3, -0.25) is 4.79 Å². The minimum absolute atomic E-state index is 0.341. The molecular formula is C12H22O2. The molecule has 0 aromatic rings. The zero-order valence-electron chi connectivity index (χ0n) is 9.17. The lowest BCUT2D eigenvalue weighted by molar-refractivity contribution is -0.137. The predicted octanol–water partition coefficient (Wildman–Crippen LogP) is 3.46. The van der Waals surface area contributed by atoms with Crippen LogP contribution in [0.2, 0.25) is 0 Å². The molecule has 0 bridgehead atoms. The van der Waals surface area contributed by atoms with E-state index < -0.39 is 5.97 Å². The van der Waals surface area contributed by atoms with Crippen molar-refractivity contribution in [3.63, 3.8) is 0 Å². The maximum atomic E-state index is 10.3. The van der Waals surface area contributed by atoms with Gasteiger partial charge in [-0.05, 0) is 18.3 Å². The van der Waals surface area contributed by atoms with E-state index in [0.717, 1.165) is 24.7 Å². The Balaban J connectivity index is 1.92. The van der Waals surface area contributed by atoms with Crippen LogP contribution in [0.25, 0.3) is 0 Å². The first-order valence-corrected chi connectivity index (χ1v) is 5.90. The number of carboxylic acid groups (broad SMARTS) is 1. The number of carbonyl (C=O) groups is 1. The summed E-state index contributed by atoms with van der Waals surface area (Å²) in [6.07, 6.45) is 9.23. The first-order chi connectivity index (χ1) is 6.68. The molecule has 2 nitrogen and oxygen atoms in total. The van der Waals surface area contributed by atoms with Crippen LogP contribution in [-0.2, 0) is 4.79 Å². The summed E-state index contributed by atoms with van der Waals surface area (Å²) in [5, 5.41) is 8.49. The molecule has 1 atom stereocenters. The molecule has 82 valence electrons. The van der Waals surface area contributed by atoms with Crippen LogP contribution in [0.1, 0.15) is 58.3 Å². The number of carboxylic acids is 1. The summed E-state index contributed by atoms with van der Waals surface area (Å²) < 4.78 is 0. The number of rotatable bonds is 7. The second kappa shape index (κ2) is 6.05. The highest BCUT2D eigenvalue weighted by Crippen LogP contribution is 2.32. The molecule has 0 saturated heterocycles. The van der Waals surface area contributed by atoms with Gasteiger partial charge in [0, 0.05) is 6.42 Å². The van der Waals surface area contributed by atoms with Crippen LogP contribution in [0.5, 0.6) is 0 Å². The largest absolute Gasteiger partial charge is 0.481 e. The van der Waals surface area contributed by atoms with Crippen molar-refractivity contribution in [1.29, 1.82) is 0 Å². The molecule has 1 saturated carbocycles. The number of aliphatic carboxylic acids is 1. The predicted molar refractivity (Wildman–Crippen MR) is 57.2 cm³/mol. The zero-order valence-corrected chi connectivity index (χ0v) is 9.17. The molecule has 1 fully saturated rings. The van der Waals surface area contributed by atoms with Gasteiger partial charge in [-0.25, -0.2) is 0 Å². The van der Waals surface area contributed by atoms with Crippen LogP contribution in [0.4, 0.5) is 0 Å². The quantitative estimate of drug-likeness (QED) is 0.680. The topological polar surface area (TPSA) is 37.3 Å². The molecule has 0 aromatic heterocycles. The monoisotopic (exact) mass is 198 g/mol. The van der Waals surface area contributed by atoms with Gasteiger partial charge in [-0.15, -0.1) is 0 Å². The zero-order chi connectivity index (χ0) is 10.4. The molecule has 2 heteroatoms. The average Bonchev–Trinajstić information content (AvgIpc) is 2.00. The van der Waals surface area contributed by atoms with Gasteiger partial charge in [0.1, 0.15) is 0 Å². The van der Waals surface area contributed by atoms with Gasteiger partial charge in [0.15, 0.2) is 0 Å². The normalized spacial score (nSPS) is 18.9. The lowest BCUT2D eigenvalue weighted by atomic mass is 9.80. The Labute approximate surface area is 86.7 Å². The third-order valence-electron chi connectivity index (χ3n) is 3.38. The van der Waals surface area contributed by atoms with Crippen LogP contribution in [0.3, 0.4) is 0 Å². The Morgan fingerprint density at radius 2 is 2.14 bits per heavy atom. The maximum absolute atomic E-state index is 10.3. The van der Waals surface area contributed by atoms with Crippen molar-refractivity contribution < 1.29 is 9.90 Å². The van der Waals surface area contributed by atoms with Crippen LogP contribution >= 0.6 is 0 Å². The van der Waals surface area contributed by atoms with Crippen molar-refractivity contribution in [3.05, 3.63) is 0 Å². The summed E-state index contributed by atoms with van der Waals surface area (Å²) in [6.45, 7) is 2.25. The van der Waals surface area contributed by atoms with E-state index in [9.17, 15) is 4.79 Å². The fourth-order valence-electron chi connectivity index (χ4n) is 2.05. The van der Waals surface area contributed by atoms with E-state index in [-0.39, 0.29) is 0 Å². The molecule has 0 aliphatic heterocycles. The first-order valence-electron chi connectivity index (χ1n) is 5.90. The summed E-state index contributed by atoms with van der Waals surface area (Å²) in [5.41, 5.74) is 0. The Morgan fingerprint density at radius 3 is 2.64 bits per heavy atom. The minimum Gasteiger partial charge on any atom is -0.481 e. The van der Waals surface area contributed by atoms with E-state index in [4.69, 9.17) is 5.11 Å². The molecule has 0 spiro atoms. The Bertz CT molecular complexity index is 173. The highest BCUT2D eigenvalue weighted by molar-refractivity contribution is 5.66. The molecule has 1 rings (SSSR count). The van der Waals surface area contributed by atoms with Crippen molar-refractivity contribution in [2.75, 3.05) is 0 Å². The van der Waals surface area contributed by atoms with E-state index in [2.05, 4.69) is 6.92 Å². The summed E-state index contributed by atoms with van der Waals surface area (Å²) in [6, 6.07) is 0. The smallest absolute Gasteiger partial charge is 0.303 e. The van der Waals surface area contributed by atoms with Gasteiger partial charge in [0.25, 0.3) is 0 Å². The van der Waals surface area contributed by atoms with Crippen molar-refractivity contribution >= 4 is 5.97 Å². The van der Waals surface area contributed by atoms with Gasteiger partial charge >= 0.3 is 5.97 Å². The van der Waals surface area contributed by atoms with Crippen molar-refractivity contribution in [1.82, 2.24) is 0 Å². The standard InChI is InChI=1S/C12H22O2/c1-10(4-2-7-12(13)14)8-9-11-5-3-6-11/h10-11H,2-9H2,1H3,(H,13,14). The summed E-state index contributed by atoms with van der Waals surface area (Å²) in [4.78, 5) is 10.3. The second-order valence-corrected chi connectivity index (χ2v) is 4.77. The van der Waals surface area contributed by atoms with E-state index in [0.29, 0.717) is 6.42 Å². The van der Waals surface area contributed by atoms with Gasteiger partial charge in [0.2, 0.25) is 0 Å². The summed E-state index contributed by atoms with van der Waals surface area (Å²) in [7, 11) is 0. The van der Waals surface area contributed by atoms with Crippen LogP contribution in [0, 0.1) is 11.8 Å². The van der Waals surface area contributed by atoms with E-state index in [1.807, 2.05) is 0 Å². The molecule has 1 aliphatic carbocycles. The molecule has 14 heavy (non-hydrogen) atoms. The Hall–Kier alpha value is -0.530. The van der Waals surface area contributed by atoms with Gasteiger partial charge in [0.05, 0.1) is 0 Å². The van der Waals surface area contributed by atoms with E-state index in [1.165, 1.54) is 32.1 Å². The van der Waals surface area contributed by atoms with E-state index >= 15 is 0 Å². The van der Waals surface area contributed by atoms with Crippen LogP contribution in [0.15, 0.2) is 0 Å². The van der Waals surface area contributed by atoms with Crippen molar-refractivity contribution in [2.45, 2.75) is 58.3 Å². The minimum atomic E-state index is -0.656. The Kier molecular flexibility index (Phi) is 4.99. The van der Waals surface area contributed by atoms with Gasteiger partial charge in [-0.1, -0.05) is 45.4 Å². The molecule has 1 aliphatic rings. The van der Waals surface area contributed by atoms with Crippen LogP contribution in [-0.4, -0.2) is 11.1 Å². The van der Waals surface area contributed by atoms with Crippen LogP contribution < -0.4 is 0 Å². The second-order valence-electron chi connectivity index (χ2n) is 4.77. The fraction of sp³-hybridized carbons (Fsp3) is 0.917. The van der Waals surface area contributed by atoms with E-state index in [1.54, 1.807) is 0 Å². The maximum Gasteiger partial charge on any atom is 0.303 e. The Morgan fingerprint density at radius 1 is 1.43 bits per heavy atom. The molecule has 0 radical (unpaired) electrons. The molecule has 0 amide bonds. The summed E-state index contributed by atoms with van der Waals surface area (Å²) >= 11 is 0.